The molecule has 16 heavy (non-hydrogen) atoms. The van der Waals surface area contributed by atoms with E-state index in [4.69, 9.17) is 17.3 Å². The molecule has 0 fully saturated rings. The molecule has 2 rings (SSSR count). The minimum absolute atomic E-state index is 0.437. The highest BCUT2D eigenvalue weighted by atomic mass is 35.5. The van der Waals surface area contributed by atoms with Crippen LogP contribution in [0.2, 0.25) is 5.02 Å². The van der Waals surface area contributed by atoms with E-state index in [1.54, 1.807) is 13.0 Å². The van der Waals surface area contributed by atoms with Gasteiger partial charge in [0.2, 0.25) is 0 Å². The van der Waals surface area contributed by atoms with Gasteiger partial charge in [-0.15, -0.1) is 0 Å². The summed E-state index contributed by atoms with van der Waals surface area (Å²) < 4.78 is 0. The number of halogens is 1. The lowest BCUT2D eigenvalue weighted by Gasteiger charge is -2.09. The highest BCUT2D eigenvalue weighted by molar-refractivity contribution is 6.35. The number of hydrogen-bond donors (Lipinski definition) is 2. The fourth-order valence-electron chi connectivity index (χ4n) is 1.66. The molecule has 0 amide bonds. The molecule has 3 nitrogen and oxygen atoms in total. The maximum atomic E-state index is 9.34. The molecule has 4 heteroatoms. The molecule has 0 saturated heterocycles. The van der Waals surface area contributed by atoms with Gasteiger partial charge >= 0.3 is 0 Å². The first kappa shape index (κ1) is 11.2. The lowest BCUT2D eigenvalue weighted by Crippen LogP contribution is -2.08. The van der Waals surface area contributed by atoms with E-state index in [1.165, 1.54) is 0 Å². The van der Waals surface area contributed by atoms with Gasteiger partial charge in [-0.1, -0.05) is 23.7 Å². The molecule has 0 spiro atoms. The molecule has 0 radical (unpaired) electrons. The molecule has 0 aliphatic rings. The number of nitrogens with zero attached hydrogens (tertiary/aromatic N) is 1. The smallest absolute Gasteiger partial charge is 0.0893 e. The molecule has 0 saturated carbocycles. The van der Waals surface area contributed by atoms with Crippen molar-refractivity contribution < 1.29 is 5.11 Å². The zero-order chi connectivity index (χ0) is 11.7. The summed E-state index contributed by atoms with van der Waals surface area (Å²) in [6.07, 6.45) is -0.0257. The summed E-state index contributed by atoms with van der Waals surface area (Å²) in [7, 11) is 0. The number of aromatic nitrogens is 1. The Kier molecular flexibility index (Phi) is 2.99. The third-order valence-corrected chi connectivity index (χ3v) is 2.70. The largest absolute Gasteiger partial charge is 0.397 e. The predicted molar refractivity (Wildman–Crippen MR) is 66.6 cm³/mol. The number of anilines is 1. The van der Waals surface area contributed by atoms with Crippen LogP contribution in [0.4, 0.5) is 5.69 Å². The number of aliphatic hydroxyl groups excluding tert-OH is 1. The monoisotopic (exact) mass is 236 g/mol. The standard InChI is InChI=1S/C12H13ClN2O/c1-7(16)5-11-10(14)6-8-3-2-4-9(13)12(8)15-11/h2-4,6-7,16H,5,14H2,1H3. The van der Waals surface area contributed by atoms with Crippen molar-refractivity contribution in [1.29, 1.82) is 0 Å². The van der Waals surface area contributed by atoms with E-state index in [0.29, 0.717) is 22.8 Å². The van der Waals surface area contributed by atoms with Crippen LogP contribution >= 0.6 is 11.6 Å². The molecule has 0 aliphatic heterocycles. The van der Waals surface area contributed by atoms with Gasteiger partial charge in [0, 0.05) is 11.8 Å². The molecule has 1 unspecified atom stereocenters. The Labute approximate surface area is 98.9 Å². The van der Waals surface area contributed by atoms with Crippen molar-refractivity contribution in [2.24, 2.45) is 0 Å². The average Bonchev–Trinajstić information content (AvgIpc) is 2.20. The van der Waals surface area contributed by atoms with E-state index in [9.17, 15) is 5.11 Å². The van der Waals surface area contributed by atoms with Crippen molar-refractivity contribution in [3.63, 3.8) is 0 Å². The summed E-state index contributed by atoms with van der Waals surface area (Å²) in [5.41, 5.74) is 7.88. The van der Waals surface area contributed by atoms with Gasteiger partial charge in [-0.2, -0.15) is 0 Å². The van der Waals surface area contributed by atoms with Gasteiger partial charge in [0.15, 0.2) is 0 Å². The Bertz CT molecular complexity index is 526. The number of nitrogens with two attached hydrogens (primary N) is 1. The fourth-order valence-corrected chi connectivity index (χ4v) is 1.88. The first-order chi connectivity index (χ1) is 7.58. The van der Waals surface area contributed by atoms with Crippen molar-refractivity contribution in [2.75, 3.05) is 5.73 Å². The van der Waals surface area contributed by atoms with Gasteiger partial charge in [0.25, 0.3) is 0 Å². The van der Waals surface area contributed by atoms with Crippen LogP contribution in [-0.2, 0) is 6.42 Å². The Morgan fingerprint density at radius 3 is 2.94 bits per heavy atom. The first-order valence-electron chi connectivity index (χ1n) is 5.09. The zero-order valence-corrected chi connectivity index (χ0v) is 9.70. The summed E-state index contributed by atoms with van der Waals surface area (Å²) >= 11 is 6.05. The van der Waals surface area contributed by atoms with Gasteiger partial charge in [0.05, 0.1) is 28.0 Å². The Hall–Kier alpha value is -1.32. The SMILES string of the molecule is CC(O)Cc1nc2c(Cl)cccc2cc1N. The van der Waals surface area contributed by atoms with E-state index in [1.807, 2.05) is 18.2 Å². The highest BCUT2D eigenvalue weighted by Crippen LogP contribution is 2.25. The summed E-state index contributed by atoms with van der Waals surface area (Å²) in [4.78, 5) is 4.40. The van der Waals surface area contributed by atoms with E-state index < -0.39 is 6.10 Å². The lowest BCUT2D eigenvalue weighted by atomic mass is 10.1. The van der Waals surface area contributed by atoms with Crippen LogP contribution in [0, 0.1) is 0 Å². The van der Waals surface area contributed by atoms with Gasteiger partial charge in [-0.3, -0.25) is 0 Å². The first-order valence-corrected chi connectivity index (χ1v) is 5.47. The zero-order valence-electron chi connectivity index (χ0n) is 8.94. The molecule has 1 aromatic heterocycles. The van der Waals surface area contributed by atoms with Crippen molar-refractivity contribution >= 4 is 28.2 Å². The second-order valence-electron chi connectivity index (χ2n) is 3.89. The topological polar surface area (TPSA) is 59.1 Å². The van der Waals surface area contributed by atoms with Crippen LogP contribution in [0.1, 0.15) is 12.6 Å². The quantitative estimate of drug-likeness (QED) is 0.842. The molecular formula is C12H13ClN2O. The second kappa shape index (κ2) is 4.28. The molecule has 1 heterocycles. The van der Waals surface area contributed by atoms with Gasteiger partial charge in [-0.05, 0) is 19.1 Å². The highest BCUT2D eigenvalue weighted by Gasteiger charge is 2.08. The van der Waals surface area contributed by atoms with E-state index in [0.717, 1.165) is 10.9 Å². The minimum Gasteiger partial charge on any atom is -0.397 e. The van der Waals surface area contributed by atoms with E-state index in [2.05, 4.69) is 4.98 Å². The van der Waals surface area contributed by atoms with Crippen molar-refractivity contribution in [1.82, 2.24) is 4.98 Å². The molecule has 1 aromatic carbocycles. The molecular weight excluding hydrogens is 224 g/mol. The average molecular weight is 237 g/mol. The van der Waals surface area contributed by atoms with Gasteiger partial charge < -0.3 is 10.8 Å². The fraction of sp³-hybridized carbons (Fsp3) is 0.250. The summed E-state index contributed by atoms with van der Waals surface area (Å²) in [6, 6.07) is 7.40. The Balaban J connectivity index is 2.60. The number of para-hydroxylation sites is 1. The summed E-state index contributed by atoms with van der Waals surface area (Å²) in [5.74, 6) is 0. The molecule has 3 N–H and O–H groups in total. The van der Waals surface area contributed by atoms with E-state index in [-0.39, 0.29) is 0 Å². The minimum atomic E-state index is -0.463. The third-order valence-electron chi connectivity index (χ3n) is 2.40. The Morgan fingerprint density at radius 1 is 1.50 bits per heavy atom. The number of hydrogen-bond acceptors (Lipinski definition) is 3. The molecule has 1 atom stereocenters. The predicted octanol–water partition coefficient (Wildman–Crippen LogP) is 2.39. The normalized spacial score (nSPS) is 12.9. The number of pyridine rings is 1. The maximum absolute atomic E-state index is 9.34. The van der Waals surface area contributed by atoms with Crippen molar-refractivity contribution in [2.45, 2.75) is 19.4 Å². The number of nitrogen functional groups attached to an aromatic ring is 1. The van der Waals surface area contributed by atoms with Crippen LogP contribution in [0.3, 0.4) is 0 Å². The summed E-state index contributed by atoms with van der Waals surface area (Å²) in [5, 5.41) is 10.9. The van der Waals surface area contributed by atoms with Crippen LogP contribution in [-0.4, -0.2) is 16.2 Å². The van der Waals surface area contributed by atoms with E-state index >= 15 is 0 Å². The lowest BCUT2D eigenvalue weighted by molar-refractivity contribution is 0.194. The number of aliphatic hydroxyl groups is 1. The van der Waals surface area contributed by atoms with Crippen molar-refractivity contribution in [3.8, 4) is 0 Å². The van der Waals surface area contributed by atoms with Crippen LogP contribution in [0.15, 0.2) is 24.3 Å². The molecule has 0 aliphatic carbocycles. The number of benzene rings is 1. The van der Waals surface area contributed by atoms with Gasteiger partial charge in [0.1, 0.15) is 0 Å². The third kappa shape index (κ3) is 2.10. The van der Waals surface area contributed by atoms with Crippen LogP contribution in [0.5, 0.6) is 0 Å². The number of fused-ring (bicyclic) bond motifs is 1. The molecule has 2 aromatic rings. The maximum Gasteiger partial charge on any atom is 0.0893 e. The number of rotatable bonds is 2. The molecule has 0 bridgehead atoms. The molecule has 84 valence electrons. The van der Waals surface area contributed by atoms with Crippen LogP contribution < -0.4 is 5.73 Å². The second-order valence-corrected chi connectivity index (χ2v) is 4.30. The van der Waals surface area contributed by atoms with Crippen LogP contribution in [0.25, 0.3) is 10.9 Å². The van der Waals surface area contributed by atoms with Gasteiger partial charge in [-0.25, -0.2) is 4.98 Å². The summed E-state index contributed by atoms with van der Waals surface area (Å²) in [6.45, 7) is 1.71. The van der Waals surface area contributed by atoms with Crippen molar-refractivity contribution in [3.05, 3.63) is 35.0 Å². The Morgan fingerprint density at radius 2 is 2.25 bits per heavy atom.